The Hall–Kier alpha value is -1.66. The summed E-state index contributed by atoms with van der Waals surface area (Å²) in [6.07, 6.45) is 5.02. The number of likely N-dealkylation sites (tertiary alicyclic amines) is 2. The number of thiazole rings is 1. The van der Waals surface area contributed by atoms with Crippen LogP contribution in [0.1, 0.15) is 40.5 Å². The zero-order valence-corrected chi connectivity index (χ0v) is 14.8. The number of hydrogen-bond donors (Lipinski definition) is 0. The van der Waals surface area contributed by atoms with Gasteiger partial charge in [-0.3, -0.25) is 9.69 Å². The summed E-state index contributed by atoms with van der Waals surface area (Å²) in [5, 5.41) is 3.29. The van der Waals surface area contributed by atoms with E-state index in [-0.39, 0.29) is 11.3 Å². The van der Waals surface area contributed by atoms with Crippen LogP contribution in [0.2, 0.25) is 0 Å². The maximum atomic E-state index is 12.6. The van der Waals surface area contributed by atoms with Crippen LogP contribution in [0.5, 0.6) is 0 Å². The van der Waals surface area contributed by atoms with E-state index in [1.807, 2.05) is 4.90 Å². The SMILES string of the molecule is Cc1nc(CN2CCC3(CCCN(C(=O)c4ccco4)C3)C2)cs1. The third-order valence-electron chi connectivity index (χ3n) is 5.25. The lowest BCUT2D eigenvalue weighted by molar-refractivity contribution is 0.0497. The second-order valence-electron chi connectivity index (χ2n) is 7.13. The molecule has 0 bridgehead atoms. The Morgan fingerprint density at radius 1 is 1.38 bits per heavy atom. The quantitative estimate of drug-likeness (QED) is 0.857. The van der Waals surface area contributed by atoms with Crippen molar-refractivity contribution >= 4 is 17.2 Å². The van der Waals surface area contributed by atoms with E-state index in [4.69, 9.17) is 4.42 Å². The Balaban J connectivity index is 1.41. The van der Waals surface area contributed by atoms with Crippen molar-refractivity contribution in [2.45, 2.75) is 32.7 Å². The first kappa shape index (κ1) is 15.8. The molecule has 24 heavy (non-hydrogen) atoms. The number of nitrogens with zero attached hydrogens (tertiary/aromatic N) is 3. The van der Waals surface area contributed by atoms with Gasteiger partial charge in [0.25, 0.3) is 5.91 Å². The molecule has 2 fully saturated rings. The van der Waals surface area contributed by atoms with E-state index in [9.17, 15) is 4.79 Å². The number of aryl methyl sites for hydroxylation is 1. The molecule has 2 aromatic heterocycles. The number of aromatic nitrogens is 1. The summed E-state index contributed by atoms with van der Waals surface area (Å²) in [4.78, 5) is 21.7. The topological polar surface area (TPSA) is 49.6 Å². The fraction of sp³-hybridized carbons (Fsp3) is 0.556. The van der Waals surface area contributed by atoms with Gasteiger partial charge in [0.05, 0.1) is 17.0 Å². The number of piperidine rings is 1. The Bertz CT molecular complexity index is 712. The maximum Gasteiger partial charge on any atom is 0.289 e. The van der Waals surface area contributed by atoms with Gasteiger partial charge in [0.2, 0.25) is 0 Å². The van der Waals surface area contributed by atoms with Gasteiger partial charge in [-0.05, 0) is 44.9 Å². The van der Waals surface area contributed by atoms with Crippen LogP contribution in [-0.4, -0.2) is 46.9 Å². The van der Waals surface area contributed by atoms with Crippen LogP contribution in [0.15, 0.2) is 28.2 Å². The first-order valence-electron chi connectivity index (χ1n) is 8.60. The lowest BCUT2D eigenvalue weighted by atomic mass is 9.79. The molecule has 0 N–H and O–H groups in total. The van der Waals surface area contributed by atoms with Gasteiger partial charge in [0, 0.05) is 37.0 Å². The fourth-order valence-electron chi connectivity index (χ4n) is 4.14. The molecule has 0 aromatic carbocycles. The monoisotopic (exact) mass is 345 g/mol. The van der Waals surface area contributed by atoms with Crippen LogP contribution >= 0.6 is 11.3 Å². The van der Waals surface area contributed by atoms with E-state index in [2.05, 4.69) is 22.2 Å². The van der Waals surface area contributed by atoms with Crippen LogP contribution < -0.4 is 0 Å². The van der Waals surface area contributed by atoms with Crippen molar-refractivity contribution in [1.82, 2.24) is 14.8 Å². The second kappa shape index (κ2) is 6.33. The van der Waals surface area contributed by atoms with Crippen LogP contribution in [0.3, 0.4) is 0 Å². The van der Waals surface area contributed by atoms with Crippen molar-refractivity contribution in [2.24, 2.45) is 5.41 Å². The molecule has 2 saturated heterocycles. The third kappa shape index (κ3) is 3.13. The Kier molecular flexibility index (Phi) is 4.18. The standard InChI is InChI=1S/C18H23N3O2S/c1-14-19-15(11-24-14)10-20-8-6-18(12-20)5-3-7-21(13-18)17(22)16-4-2-9-23-16/h2,4,9,11H,3,5-8,10,12-13H2,1H3. The molecule has 4 rings (SSSR count). The van der Waals surface area contributed by atoms with Crippen LogP contribution in [-0.2, 0) is 6.54 Å². The zero-order valence-electron chi connectivity index (χ0n) is 14.0. The summed E-state index contributed by atoms with van der Waals surface area (Å²) in [6, 6.07) is 3.54. The van der Waals surface area contributed by atoms with Gasteiger partial charge in [0.15, 0.2) is 5.76 Å². The predicted octanol–water partition coefficient (Wildman–Crippen LogP) is 3.17. The molecule has 1 spiro atoms. The Labute approximate surface area is 146 Å². The Morgan fingerprint density at radius 2 is 2.29 bits per heavy atom. The van der Waals surface area contributed by atoms with Crippen molar-refractivity contribution < 1.29 is 9.21 Å². The molecule has 0 radical (unpaired) electrons. The van der Waals surface area contributed by atoms with E-state index in [1.54, 1.807) is 29.7 Å². The molecule has 1 unspecified atom stereocenters. The summed E-state index contributed by atoms with van der Waals surface area (Å²) in [6.45, 7) is 6.83. The first-order chi connectivity index (χ1) is 11.6. The van der Waals surface area contributed by atoms with Crippen molar-refractivity contribution in [3.63, 3.8) is 0 Å². The molecule has 128 valence electrons. The Morgan fingerprint density at radius 3 is 3.04 bits per heavy atom. The lowest BCUT2D eigenvalue weighted by Gasteiger charge is -2.40. The van der Waals surface area contributed by atoms with E-state index in [0.29, 0.717) is 5.76 Å². The highest BCUT2D eigenvalue weighted by Crippen LogP contribution is 2.39. The van der Waals surface area contributed by atoms with Crippen molar-refractivity contribution in [3.05, 3.63) is 40.2 Å². The van der Waals surface area contributed by atoms with Crippen LogP contribution in [0.25, 0.3) is 0 Å². The summed E-state index contributed by atoms with van der Waals surface area (Å²) < 4.78 is 5.29. The number of furan rings is 1. The lowest BCUT2D eigenvalue weighted by Crippen LogP contribution is -2.47. The van der Waals surface area contributed by atoms with E-state index >= 15 is 0 Å². The zero-order chi connectivity index (χ0) is 16.6. The molecule has 2 aliphatic rings. The van der Waals surface area contributed by atoms with Crippen molar-refractivity contribution in [2.75, 3.05) is 26.2 Å². The summed E-state index contributed by atoms with van der Waals surface area (Å²) in [5.41, 5.74) is 1.42. The highest BCUT2D eigenvalue weighted by Gasteiger charge is 2.42. The van der Waals surface area contributed by atoms with E-state index in [1.165, 1.54) is 12.1 Å². The number of hydrogen-bond acceptors (Lipinski definition) is 5. The molecule has 2 aliphatic heterocycles. The van der Waals surface area contributed by atoms with Crippen LogP contribution in [0.4, 0.5) is 0 Å². The van der Waals surface area contributed by atoms with Gasteiger partial charge in [-0.2, -0.15) is 0 Å². The van der Waals surface area contributed by atoms with Gasteiger partial charge >= 0.3 is 0 Å². The number of carbonyl (C=O) groups is 1. The summed E-state index contributed by atoms with van der Waals surface area (Å²) >= 11 is 1.72. The second-order valence-corrected chi connectivity index (χ2v) is 8.19. The molecule has 1 atom stereocenters. The highest BCUT2D eigenvalue weighted by atomic mass is 32.1. The van der Waals surface area contributed by atoms with E-state index in [0.717, 1.165) is 50.6 Å². The van der Waals surface area contributed by atoms with Gasteiger partial charge in [-0.15, -0.1) is 11.3 Å². The number of amides is 1. The molecule has 6 heteroatoms. The molecule has 2 aromatic rings. The smallest absolute Gasteiger partial charge is 0.289 e. The minimum Gasteiger partial charge on any atom is -0.459 e. The molecule has 1 amide bonds. The molecule has 4 heterocycles. The fourth-order valence-corrected chi connectivity index (χ4v) is 4.75. The normalized spacial score (nSPS) is 24.8. The molecular formula is C18H23N3O2S. The van der Waals surface area contributed by atoms with Crippen LogP contribution in [0, 0.1) is 12.3 Å². The van der Waals surface area contributed by atoms with Gasteiger partial charge < -0.3 is 9.32 Å². The highest BCUT2D eigenvalue weighted by molar-refractivity contribution is 7.09. The van der Waals surface area contributed by atoms with Crippen molar-refractivity contribution in [3.8, 4) is 0 Å². The van der Waals surface area contributed by atoms with Gasteiger partial charge in [-0.1, -0.05) is 0 Å². The molecule has 0 saturated carbocycles. The third-order valence-corrected chi connectivity index (χ3v) is 6.07. The number of carbonyl (C=O) groups excluding carboxylic acids is 1. The maximum absolute atomic E-state index is 12.6. The minimum atomic E-state index is 0.0349. The molecule has 5 nitrogen and oxygen atoms in total. The summed E-state index contributed by atoms with van der Waals surface area (Å²) in [7, 11) is 0. The van der Waals surface area contributed by atoms with Gasteiger partial charge in [-0.25, -0.2) is 4.98 Å². The molecular weight excluding hydrogens is 322 g/mol. The van der Waals surface area contributed by atoms with Gasteiger partial charge in [0.1, 0.15) is 0 Å². The van der Waals surface area contributed by atoms with E-state index < -0.39 is 0 Å². The predicted molar refractivity (Wildman–Crippen MR) is 93.0 cm³/mol. The average Bonchev–Trinajstić information content (AvgIpc) is 3.30. The van der Waals surface area contributed by atoms with Crippen molar-refractivity contribution in [1.29, 1.82) is 0 Å². The minimum absolute atomic E-state index is 0.0349. The average molecular weight is 345 g/mol. The molecule has 0 aliphatic carbocycles. The summed E-state index contributed by atoms with van der Waals surface area (Å²) in [5.74, 6) is 0.493. The largest absolute Gasteiger partial charge is 0.459 e. The first-order valence-corrected chi connectivity index (χ1v) is 9.48. The number of rotatable bonds is 3.